The lowest BCUT2D eigenvalue weighted by Gasteiger charge is -2.22. The third kappa shape index (κ3) is 44.3. The molecule has 6 unspecified atom stereocenters. The van der Waals surface area contributed by atoms with Gasteiger partial charge in [0.2, 0.25) is 11.8 Å². The maximum atomic E-state index is 12.4. The molecule has 4 aromatic heterocycles. The van der Waals surface area contributed by atoms with E-state index in [1.807, 2.05) is 27.0 Å². The maximum Gasteiger partial charge on any atom is 0.519 e. The number of aryl methyl sites for hydroxylation is 5. The Bertz CT molecular complexity index is 4230. The molecule has 0 saturated heterocycles. The molecule has 117 heavy (non-hydrogen) atoms. The molecule has 0 aliphatic carbocycles. The molecule has 0 aliphatic rings. The first-order valence-electron chi connectivity index (χ1n) is 35.4. The largest absolute Gasteiger partial charge is 0.519 e. The molecular formula is C66H91N9O41S. The Morgan fingerprint density at radius 1 is 0.479 bits per heavy atom. The zero-order valence-corrected chi connectivity index (χ0v) is 65.7. The highest BCUT2D eigenvalue weighted by molar-refractivity contribution is 7.98. The molecular weight excluding hydrogens is 1610 g/mol. The number of unbranched alkanes of at least 4 members (excludes halogenated alkanes) is 3. The lowest BCUT2D eigenvalue weighted by atomic mass is 9.99. The summed E-state index contributed by atoms with van der Waals surface area (Å²) in [4.78, 5) is 212. The van der Waals surface area contributed by atoms with E-state index < -0.39 is 128 Å². The first-order chi connectivity index (χ1) is 55.4. The first kappa shape index (κ1) is 100. The fourth-order valence-electron chi connectivity index (χ4n) is 9.02. The minimum atomic E-state index is -1.15. The Morgan fingerprint density at radius 2 is 0.915 bits per heavy atom. The summed E-state index contributed by atoms with van der Waals surface area (Å²) in [6, 6.07) is 3.80. The van der Waals surface area contributed by atoms with Crippen molar-refractivity contribution < 1.29 is 152 Å². The number of nitrogens with zero attached hydrogens (tertiary/aromatic N) is 5. The molecule has 4 heterocycles. The Labute approximate surface area is 664 Å². The van der Waals surface area contributed by atoms with Gasteiger partial charge in [-0.05, 0) is 127 Å². The van der Waals surface area contributed by atoms with Gasteiger partial charge in [-0.3, -0.25) is 14.4 Å². The van der Waals surface area contributed by atoms with Crippen LogP contribution >= 0.6 is 11.8 Å². The Morgan fingerprint density at radius 3 is 1.35 bits per heavy atom. The summed E-state index contributed by atoms with van der Waals surface area (Å²) >= 11 is 1.44. The fourth-order valence-corrected chi connectivity index (χ4v) is 9.50. The molecule has 0 radical (unpaired) electrons. The molecule has 1 aromatic carbocycles. The molecule has 5 rings (SSSR count). The van der Waals surface area contributed by atoms with E-state index >= 15 is 0 Å². The number of alkyl carbamates (subject to hydrolysis) is 1. The van der Waals surface area contributed by atoms with Crippen LogP contribution in [0.3, 0.4) is 0 Å². The van der Waals surface area contributed by atoms with Gasteiger partial charge in [-0.15, -0.1) is 50.6 Å². The summed E-state index contributed by atoms with van der Waals surface area (Å²) < 4.78 is 67.9. The Balaban J connectivity index is 0.000000531. The Kier molecular flexibility index (Phi) is 47.4. The number of nitrogens with one attached hydrogen (secondary N) is 4. The number of carbonyl (C=O) groups is 8. The van der Waals surface area contributed by atoms with Gasteiger partial charge in [-0.1, -0.05) is 59.1 Å². The monoisotopic (exact) mass is 1700 g/mol. The van der Waals surface area contributed by atoms with Gasteiger partial charge in [0.05, 0.1) is 26.4 Å². The average Bonchev–Trinajstić information content (AvgIpc) is 1.55. The van der Waals surface area contributed by atoms with E-state index in [0.717, 1.165) is 5.56 Å². The van der Waals surface area contributed by atoms with Crippen LogP contribution in [0.15, 0.2) is 78.8 Å². The van der Waals surface area contributed by atoms with Crippen molar-refractivity contribution in [2.45, 2.75) is 196 Å². The van der Waals surface area contributed by atoms with E-state index in [4.69, 9.17) is 46.1 Å². The molecule has 4 N–H and O–H groups in total. The summed E-state index contributed by atoms with van der Waals surface area (Å²) in [5.41, 5.74) is 0.790. The topological polar surface area (TPSA) is 675 Å². The normalized spacial score (nSPS) is 12.0. The molecule has 51 heteroatoms. The summed E-state index contributed by atoms with van der Waals surface area (Å²) in [5.74, 6) is -5.70. The average molecular weight is 1700 g/mol. The zero-order chi connectivity index (χ0) is 87.5. The van der Waals surface area contributed by atoms with Crippen molar-refractivity contribution in [3.05, 3.63) is 169 Å². The van der Waals surface area contributed by atoms with Gasteiger partial charge in [-0.25, -0.2) is 43.2 Å². The summed E-state index contributed by atoms with van der Waals surface area (Å²) in [6.45, 7) is 10.6. The first-order valence-corrected chi connectivity index (χ1v) is 36.8. The quantitative estimate of drug-likeness (QED) is 0.0116. The van der Waals surface area contributed by atoms with E-state index in [1.54, 1.807) is 31.2 Å². The minimum Gasteiger partial charge on any atom is -0.456 e. The number of ether oxygens (including phenoxy) is 6. The van der Waals surface area contributed by atoms with Crippen LogP contribution in [0, 0.1) is 90.1 Å². The summed E-state index contributed by atoms with van der Waals surface area (Å²) in [6.07, 6.45) is 3.71. The molecule has 6 atom stereocenters. The molecule has 5 aromatic rings. The highest BCUT2D eigenvalue weighted by Gasteiger charge is 2.31. The highest BCUT2D eigenvalue weighted by atomic mass is 32.2. The smallest absolute Gasteiger partial charge is 0.456 e. The fraction of sp³-hybridized carbons (Fsp3) is 0.606. The van der Waals surface area contributed by atoms with Crippen molar-refractivity contribution >= 4 is 59.6 Å². The van der Waals surface area contributed by atoms with Crippen molar-refractivity contribution in [3.63, 3.8) is 0 Å². The second-order valence-corrected chi connectivity index (χ2v) is 25.2. The number of amides is 4. The number of hydrogen-bond acceptors (Lipinski definition) is 42. The molecule has 652 valence electrons. The van der Waals surface area contributed by atoms with Crippen LogP contribution in [0.5, 0.6) is 5.75 Å². The minimum absolute atomic E-state index is 0.0139. The molecule has 0 bridgehead atoms. The highest BCUT2D eigenvalue weighted by Crippen LogP contribution is 2.19. The van der Waals surface area contributed by atoms with Crippen molar-refractivity contribution in [1.82, 2.24) is 21.3 Å². The molecule has 0 spiro atoms. The second kappa shape index (κ2) is 55.4. The third-order valence-corrected chi connectivity index (χ3v) is 16.2. The van der Waals surface area contributed by atoms with Gasteiger partial charge < -0.3 is 109 Å². The van der Waals surface area contributed by atoms with Crippen LogP contribution < -0.4 is 49.3 Å². The lowest BCUT2D eigenvalue weighted by molar-refractivity contribution is -0.790. The number of benzene rings is 1. The van der Waals surface area contributed by atoms with Crippen LogP contribution in [0.1, 0.15) is 163 Å². The number of thioether (sulfide) groups is 1. The van der Waals surface area contributed by atoms with Crippen LogP contribution in [-0.2, 0) is 109 Å². The summed E-state index contributed by atoms with van der Waals surface area (Å²) in [7, 11) is 0. The van der Waals surface area contributed by atoms with Crippen LogP contribution in [0.4, 0.5) is 9.59 Å². The number of rotatable bonds is 51. The van der Waals surface area contributed by atoms with Gasteiger partial charge >= 0.3 is 59.4 Å². The van der Waals surface area contributed by atoms with Gasteiger partial charge in [0, 0.05) is 12.8 Å². The second-order valence-electron chi connectivity index (χ2n) is 24.2. The van der Waals surface area contributed by atoms with Crippen molar-refractivity contribution in [1.29, 1.82) is 0 Å². The van der Waals surface area contributed by atoms with Gasteiger partial charge in [-0.2, -0.15) is 11.8 Å². The summed E-state index contributed by atoms with van der Waals surface area (Å²) in [5, 5.41) is 55.8. The number of hydrogen-bond donors (Lipinski definition) is 4. The van der Waals surface area contributed by atoms with Gasteiger partial charge in [0.1, 0.15) is 43.1 Å². The van der Waals surface area contributed by atoms with E-state index in [2.05, 4.69) is 63.1 Å². The SMILES string of the molecule is CCC(C)C(NC(=O)CCCCCO[N+](=O)[O-])C(=O)OCc1oc(=O)oc1C.CCC(C)C(NC(=O)CCCO[N+](=O)[O-])C(=O)OCc1oc(=O)oc1C.CSCCC(NC(=O)OCCCCC(CO[N+](=O)[O-])O[N+](=O)[O-])C(=O)OCc1oc(=O)oc1C.Cc1oc(=O)oc1COC(=O)CNC(=O)Oc1cccc(CCCO[N+](=O)[O-])c1. The van der Waals surface area contributed by atoms with E-state index in [1.165, 1.54) is 39.5 Å². The zero-order valence-electron chi connectivity index (χ0n) is 64.8. The van der Waals surface area contributed by atoms with Crippen LogP contribution in [0.2, 0.25) is 0 Å². The predicted molar refractivity (Wildman–Crippen MR) is 385 cm³/mol. The predicted octanol–water partition coefficient (Wildman–Crippen LogP) is 5.89. The molecule has 0 aliphatic heterocycles. The van der Waals surface area contributed by atoms with Crippen molar-refractivity contribution in [3.8, 4) is 5.75 Å². The van der Waals surface area contributed by atoms with Crippen LogP contribution in [0.25, 0.3) is 0 Å². The van der Waals surface area contributed by atoms with E-state index in [9.17, 15) is 108 Å². The molecule has 50 nitrogen and oxygen atoms in total. The van der Waals surface area contributed by atoms with E-state index in [-0.39, 0.29) is 167 Å². The lowest BCUT2D eigenvalue weighted by Crippen LogP contribution is -2.46. The van der Waals surface area contributed by atoms with Crippen molar-refractivity contribution in [2.24, 2.45) is 11.8 Å². The molecule has 0 fully saturated rings. The number of carbonyl (C=O) groups excluding carboxylic acids is 8. The molecule has 0 saturated carbocycles. The Hall–Kier alpha value is -13.0. The number of esters is 4. The molecule has 4 amide bonds. The standard InChI is InChI=1S/C17H25N3O13S.C17H18N2O10.C17H26N2O9.C15H22N2O9/c1-11-14(32-17(23)31-11)10-29-15(21)13(6-8-34-2)18-16(22)28-7-4-3-5-12(33-20(26)27)9-30-19(24)25;1-11-14(29-17(22)27-11)10-25-15(20)9-18-16(21)28-13-6-2-4-12(8-13)5-3-7-26-19(23)24;1-4-11(2)15(16(21)25-10-13-12(3)27-17(22)28-13)18-14(20)8-6-5-7-9-26-19(23)24;1-4-9(2)13(16-12(18)6-5-7-24-17(21)22)14(19)23-8-11-10(3)25-15(20)26-11/h12-13H,3-10H2,1-2H3,(H,18,22);2,4,6,8H,3,5,7,9-10H2,1H3,(H,18,21);11,15H,4-10H2,1-3H3,(H,18,20);9,13H,4-8H2,1-3H3,(H,16,18). The van der Waals surface area contributed by atoms with Gasteiger partial charge in [0.15, 0.2) is 72.5 Å². The van der Waals surface area contributed by atoms with Crippen LogP contribution in [-0.4, -0.2) is 149 Å². The third-order valence-electron chi connectivity index (χ3n) is 15.5. The van der Waals surface area contributed by atoms with Gasteiger partial charge in [0.25, 0.3) is 25.4 Å². The maximum absolute atomic E-state index is 12.4. The van der Waals surface area contributed by atoms with E-state index in [0.29, 0.717) is 50.7 Å². The van der Waals surface area contributed by atoms with Crippen molar-refractivity contribution in [2.75, 3.05) is 51.6 Å².